The van der Waals surface area contributed by atoms with Gasteiger partial charge in [0.05, 0.1) is 12.3 Å². The first-order valence-electron chi connectivity index (χ1n) is 8.31. The van der Waals surface area contributed by atoms with Crippen molar-refractivity contribution in [3.63, 3.8) is 0 Å². The van der Waals surface area contributed by atoms with Crippen LogP contribution < -0.4 is 0 Å². The molecule has 0 aromatic carbocycles. The molecule has 126 valence electrons. The lowest BCUT2D eigenvalue weighted by Gasteiger charge is -2.39. The molecule has 0 radical (unpaired) electrons. The zero-order chi connectivity index (χ0) is 16.4. The van der Waals surface area contributed by atoms with Crippen LogP contribution in [0.4, 0.5) is 0 Å². The van der Waals surface area contributed by atoms with E-state index >= 15 is 0 Å². The van der Waals surface area contributed by atoms with Gasteiger partial charge in [-0.05, 0) is 18.9 Å². The number of likely N-dealkylation sites (tertiary alicyclic amines) is 1. The highest BCUT2D eigenvalue weighted by Crippen LogP contribution is 2.38. The van der Waals surface area contributed by atoms with Gasteiger partial charge in [0.15, 0.2) is 10.8 Å². The van der Waals surface area contributed by atoms with Crippen molar-refractivity contribution in [3.05, 3.63) is 29.5 Å². The highest BCUT2D eigenvalue weighted by molar-refractivity contribution is 7.13. The molecule has 1 atom stereocenters. The van der Waals surface area contributed by atoms with Crippen molar-refractivity contribution < 1.29 is 9.53 Å². The van der Waals surface area contributed by atoms with Crippen LogP contribution in [0, 0.1) is 5.41 Å². The van der Waals surface area contributed by atoms with E-state index in [0.29, 0.717) is 12.2 Å². The number of hydrogen-bond acceptors (Lipinski definition) is 6. The molecule has 24 heavy (non-hydrogen) atoms. The smallest absolute Gasteiger partial charge is 0.222 e. The molecule has 0 saturated carbocycles. The van der Waals surface area contributed by atoms with Gasteiger partial charge < -0.3 is 9.64 Å². The number of ether oxygens (including phenoxy) is 1. The van der Waals surface area contributed by atoms with Crippen LogP contribution in [0.5, 0.6) is 0 Å². The van der Waals surface area contributed by atoms with Gasteiger partial charge in [0.1, 0.15) is 0 Å². The fraction of sp³-hybridized carbons (Fsp3) is 0.529. The second-order valence-corrected chi connectivity index (χ2v) is 7.44. The second kappa shape index (κ2) is 6.57. The summed E-state index contributed by atoms with van der Waals surface area (Å²) in [6.45, 7) is 3.17. The number of aromatic nitrogens is 3. The largest absolute Gasteiger partial charge is 0.381 e. The molecule has 6 nitrogen and oxygen atoms in total. The second-order valence-electron chi connectivity index (χ2n) is 6.58. The summed E-state index contributed by atoms with van der Waals surface area (Å²) in [4.78, 5) is 27.3. The molecule has 2 aliphatic heterocycles. The van der Waals surface area contributed by atoms with E-state index in [9.17, 15) is 4.79 Å². The lowest BCUT2D eigenvalue weighted by atomic mass is 9.79. The predicted octanol–water partition coefficient (Wildman–Crippen LogP) is 2.17. The van der Waals surface area contributed by atoms with Gasteiger partial charge in [-0.25, -0.2) is 15.0 Å². The van der Waals surface area contributed by atoms with Crippen molar-refractivity contribution in [1.29, 1.82) is 0 Å². The quantitative estimate of drug-likeness (QED) is 0.850. The van der Waals surface area contributed by atoms with Crippen LogP contribution in [-0.4, -0.2) is 52.1 Å². The summed E-state index contributed by atoms with van der Waals surface area (Å²) in [6.07, 6.45) is 6.89. The van der Waals surface area contributed by atoms with Gasteiger partial charge in [0.25, 0.3) is 0 Å². The van der Waals surface area contributed by atoms with Crippen LogP contribution in [0.2, 0.25) is 0 Å². The van der Waals surface area contributed by atoms with Crippen LogP contribution in [0.1, 0.15) is 25.0 Å². The van der Waals surface area contributed by atoms with Crippen molar-refractivity contribution in [3.8, 4) is 10.8 Å². The van der Waals surface area contributed by atoms with Crippen LogP contribution in [0.15, 0.2) is 23.8 Å². The molecule has 1 amide bonds. The Bertz CT molecular complexity index is 712. The van der Waals surface area contributed by atoms with Crippen molar-refractivity contribution in [2.24, 2.45) is 5.41 Å². The minimum Gasteiger partial charge on any atom is -0.381 e. The summed E-state index contributed by atoms with van der Waals surface area (Å²) in [7, 11) is 0. The molecule has 2 aromatic heterocycles. The number of rotatable bonds is 4. The van der Waals surface area contributed by atoms with E-state index in [0.717, 1.165) is 56.3 Å². The van der Waals surface area contributed by atoms with Gasteiger partial charge in [0, 0.05) is 55.7 Å². The number of piperidine rings is 1. The Morgan fingerprint density at radius 1 is 1.29 bits per heavy atom. The molecule has 0 N–H and O–H groups in total. The molecule has 4 heterocycles. The third kappa shape index (κ3) is 3.18. The molecule has 0 unspecified atom stereocenters. The zero-order valence-electron chi connectivity index (χ0n) is 13.5. The van der Waals surface area contributed by atoms with Crippen LogP contribution in [-0.2, 0) is 16.0 Å². The highest BCUT2D eigenvalue weighted by atomic mass is 32.1. The summed E-state index contributed by atoms with van der Waals surface area (Å²) in [6, 6.07) is 1.79. The minimum absolute atomic E-state index is 0.193. The molecule has 4 rings (SSSR count). The van der Waals surface area contributed by atoms with E-state index in [-0.39, 0.29) is 11.3 Å². The molecule has 2 fully saturated rings. The molecular weight excluding hydrogens is 324 g/mol. The number of carbonyl (C=O) groups excluding carboxylic acids is 1. The van der Waals surface area contributed by atoms with E-state index in [2.05, 4.69) is 15.0 Å². The number of hydrogen-bond donors (Lipinski definition) is 0. The normalized spacial score (nSPS) is 24.0. The first kappa shape index (κ1) is 15.7. The van der Waals surface area contributed by atoms with Gasteiger partial charge in [-0.3, -0.25) is 4.79 Å². The average molecular weight is 344 g/mol. The maximum Gasteiger partial charge on any atom is 0.222 e. The number of amides is 1. The van der Waals surface area contributed by atoms with Gasteiger partial charge in [-0.15, -0.1) is 11.3 Å². The van der Waals surface area contributed by atoms with Crippen LogP contribution >= 0.6 is 11.3 Å². The number of nitrogens with zero attached hydrogens (tertiary/aromatic N) is 4. The summed E-state index contributed by atoms with van der Waals surface area (Å²) < 4.78 is 5.57. The lowest BCUT2D eigenvalue weighted by Crippen LogP contribution is -2.47. The fourth-order valence-corrected chi connectivity index (χ4v) is 4.26. The minimum atomic E-state index is 0.193. The van der Waals surface area contributed by atoms with Gasteiger partial charge in [-0.2, -0.15) is 0 Å². The predicted molar refractivity (Wildman–Crippen MR) is 90.5 cm³/mol. The average Bonchev–Trinajstić information content (AvgIpc) is 3.27. The zero-order valence-corrected chi connectivity index (χ0v) is 14.3. The molecule has 1 spiro atoms. The SMILES string of the molecule is O=C1CC[C@@]2(CCOC2)CN1CCc1csc(-c2ncccn2)n1. The van der Waals surface area contributed by atoms with E-state index in [1.54, 1.807) is 29.8 Å². The van der Waals surface area contributed by atoms with Crippen molar-refractivity contribution >= 4 is 17.2 Å². The molecule has 7 heteroatoms. The topological polar surface area (TPSA) is 68.2 Å². The van der Waals surface area contributed by atoms with E-state index < -0.39 is 0 Å². The molecule has 2 aliphatic rings. The number of carbonyl (C=O) groups is 1. The van der Waals surface area contributed by atoms with Gasteiger partial charge in [-0.1, -0.05) is 0 Å². The summed E-state index contributed by atoms with van der Waals surface area (Å²) in [5.41, 5.74) is 1.19. The first-order valence-corrected chi connectivity index (χ1v) is 9.19. The van der Waals surface area contributed by atoms with E-state index in [1.165, 1.54) is 0 Å². The van der Waals surface area contributed by atoms with E-state index in [4.69, 9.17) is 4.74 Å². The number of thiazole rings is 1. The molecule has 2 saturated heterocycles. The molecule has 0 bridgehead atoms. The van der Waals surface area contributed by atoms with Gasteiger partial charge >= 0.3 is 0 Å². The third-order valence-electron chi connectivity index (χ3n) is 4.88. The standard InChI is InChI=1S/C17H20N4O2S/c22-14-2-4-17(5-9-23-12-17)11-21(14)8-3-13-10-24-16(20-13)15-18-6-1-7-19-15/h1,6-7,10H,2-5,8-9,11-12H2/t17-/m1/s1. The summed E-state index contributed by atoms with van der Waals surface area (Å²) in [5.74, 6) is 0.916. The fourth-order valence-electron chi connectivity index (χ4n) is 3.46. The molecule has 0 aliphatic carbocycles. The Morgan fingerprint density at radius 2 is 2.17 bits per heavy atom. The van der Waals surface area contributed by atoms with Crippen LogP contribution in [0.3, 0.4) is 0 Å². The maximum atomic E-state index is 12.2. The third-order valence-corrected chi connectivity index (χ3v) is 5.77. The van der Waals surface area contributed by atoms with Crippen molar-refractivity contribution in [1.82, 2.24) is 19.9 Å². The Balaban J connectivity index is 1.39. The molecular formula is C17H20N4O2S. The summed E-state index contributed by atoms with van der Waals surface area (Å²) >= 11 is 1.55. The Labute approximate surface area is 144 Å². The molecule has 2 aromatic rings. The summed E-state index contributed by atoms with van der Waals surface area (Å²) in [5, 5.41) is 2.87. The van der Waals surface area contributed by atoms with E-state index in [1.807, 2.05) is 10.3 Å². The Morgan fingerprint density at radius 3 is 2.96 bits per heavy atom. The maximum absolute atomic E-state index is 12.2. The van der Waals surface area contributed by atoms with Gasteiger partial charge in [0.2, 0.25) is 5.91 Å². The van der Waals surface area contributed by atoms with Crippen molar-refractivity contribution in [2.45, 2.75) is 25.7 Å². The van der Waals surface area contributed by atoms with Crippen molar-refractivity contribution in [2.75, 3.05) is 26.3 Å². The Kier molecular flexibility index (Phi) is 4.28. The lowest BCUT2D eigenvalue weighted by molar-refractivity contribution is -0.137. The van der Waals surface area contributed by atoms with Crippen LogP contribution in [0.25, 0.3) is 10.8 Å². The first-order chi connectivity index (χ1) is 11.7. The highest BCUT2D eigenvalue weighted by Gasteiger charge is 2.41. The Hall–Kier alpha value is -1.86. The monoisotopic (exact) mass is 344 g/mol.